The Balaban J connectivity index is 0.000000336. The third-order valence-electron chi connectivity index (χ3n) is 1.79. The minimum atomic E-state index is 1.05. The molecule has 2 heteroatoms. The number of hydrogen-bond acceptors (Lipinski definition) is 2. The fourth-order valence-electron chi connectivity index (χ4n) is 1.28. The van der Waals surface area contributed by atoms with E-state index in [0.717, 1.165) is 18.7 Å². The Bertz CT molecular complexity index is 256. The number of aromatic nitrogens is 1. The molecule has 1 aromatic heterocycles. The van der Waals surface area contributed by atoms with E-state index < -0.39 is 0 Å². The maximum atomic E-state index is 4.39. The van der Waals surface area contributed by atoms with Crippen molar-refractivity contribution in [2.24, 2.45) is 0 Å². The van der Waals surface area contributed by atoms with Gasteiger partial charge in [-0.15, -0.1) is 0 Å². The van der Waals surface area contributed by atoms with E-state index >= 15 is 0 Å². The summed E-state index contributed by atoms with van der Waals surface area (Å²) in [7, 11) is 0. The second-order valence-electron chi connectivity index (χ2n) is 2.62. The molecule has 66 valence electrons. The van der Waals surface area contributed by atoms with Gasteiger partial charge in [-0.3, -0.25) is 4.98 Å². The summed E-state index contributed by atoms with van der Waals surface area (Å²) in [4.78, 5) is 4.39. The summed E-state index contributed by atoms with van der Waals surface area (Å²) in [6, 6.07) is 4.14. The van der Waals surface area contributed by atoms with Gasteiger partial charge in [0.05, 0.1) is 11.4 Å². The molecule has 2 rings (SSSR count). The Kier molecular flexibility index (Phi) is 3.09. The van der Waals surface area contributed by atoms with Gasteiger partial charge in [-0.1, -0.05) is 13.8 Å². The minimum absolute atomic E-state index is 1.05. The molecule has 1 aromatic rings. The Hall–Kier alpha value is -1.05. The predicted octanol–water partition coefficient (Wildman–Crippen LogP) is 2.38. The topological polar surface area (TPSA) is 24.9 Å². The number of nitrogens with zero attached hydrogens (tertiary/aromatic N) is 1. The van der Waals surface area contributed by atoms with Crippen molar-refractivity contribution in [3.63, 3.8) is 0 Å². The maximum Gasteiger partial charge on any atom is 0.0655 e. The molecule has 0 spiro atoms. The van der Waals surface area contributed by atoms with Gasteiger partial charge in [0, 0.05) is 18.7 Å². The van der Waals surface area contributed by atoms with Crippen LogP contribution in [0.4, 0.5) is 5.69 Å². The Labute approximate surface area is 74.0 Å². The molecule has 1 aliphatic heterocycles. The maximum absolute atomic E-state index is 4.39. The highest BCUT2D eigenvalue weighted by Crippen LogP contribution is 2.18. The van der Waals surface area contributed by atoms with Crippen LogP contribution in [0.1, 0.15) is 25.2 Å². The summed E-state index contributed by atoms with van der Waals surface area (Å²) in [5, 5.41) is 3.26. The van der Waals surface area contributed by atoms with Gasteiger partial charge < -0.3 is 5.32 Å². The van der Waals surface area contributed by atoms with Crippen molar-refractivity contribution in [3.8, 4) is 0 Å². The smallest absolute Gasteiger partial charge is 0.0655 e. The minimum Gasteiger partial charge on any atom is -0.383 e. The fourth-order valence-corrected chi connectivity index (χ4v) is 1.28. The molecular formula is C10H16N2. The van der Waals surface area contributed by atoms with Gasteiger partial charge in [0.15, 0.2) is 0 Å². The number of pyridine rings is 1. The summed E-state index contributed by atoms with van der Waals surface area (Å²) in [6.07, 6.45) is 1.08. The van der Waals surface area contributed by atoms with Gasteiger partial charge in [0.25, 0.3) is 0 Å². The number of rotatable bonds is 0. The first-order valence-corrected chi connectivity index (χ1v) is 4.57. The fraction of sp³-hybridized carbons (Fsp3) is 0.500. The molecule has 12 heavy (non-hydrogen) atoms. The lowest BCUT2D eigenvalue weighted by molar-refractivity contribution is 1.02. The molecule has 0 aromatic carbocycles. The normalized spacial score (nSPS) is 12.6. The molecule has 0 amide bonds. The van der Waals surface area contributed by atoms with Gasteiger partial charge in [-0.05, 0) is 19.1 Å². The van der Waals surface area contributed by atoms with Crippen molar-refractivity contribution in [2.45, 2.75) is 27.2 Å². The molecule has 0 fully saturated rings. The highest BCUT2D eigenvalue weighted by Gasteiger charge is 2.09. The zero-order valence-corrected chi connectivity index (χ0v) is 8.02. The molecular weight excluding hydrogens is 148 g/mol. The molecule has 0 atom stereocenters. The average Bonchev–Trinajstić information content (AvgIpc) is 2.54. The number of nitrogens with one attached hydrogen (secondary N) is 1. The van der Waals surface area contributed by atoms with E-state index in [1.54, 1.807) is 0 Å². The second kappa shape index (κ2) is 4.10. The summed E-state index contributed by atoms with van der Waals surface area (Å²) in [6.45, 7) is 7.07. The zero-order valence-electron chi connectivity index (χ0n) is 8.02. The van der Waals surface area contributed by atoms with Gasteiger partial charge in [0.2, 0.25) is 0 Å². The lowest BCUT2D eigenvalue weighted by Gasteiger charge is -1.97. The van der Waals surface area contributed by atoms with Crippen molar-refractivity contribution < 1.29 is 0 Å². The van der Waals surface area contributed by atoms with E-state index in [-0.39, 0.29) is 0 Å². The van der Waals surface area contributed by atoms with Crippen LogP contribution in [0.15, 0.2) is 12.1 Å². The Morgan fingerprint density at radius 1 is 1.33 bits per heavy atom. The van der Waals surface area contributed by atoms with Crippen LogP contribution in [0, 0.1) is 6.92 Å². The van der Waals surface area contributed by atoms with Gasteiger partial charge in [-0.2, -0.15) is 0 Å². The first kappa shape index (κ1) is 9.04. The lowest BCUT2D eigenvalue weighted by Crippen LogP contribution is -1.90. The van der Waals surface area contributed by atoms with Crippen molar-refractivity contribution in [2.75, 3.05) is 11.9 Å². The molecule has 0 saturated heterocycles. The van der Waals surface area contributed by atoms with Crippen LogP contribution >= 0.6 is 0 Å². The van der Waals surface area contributed by atoms with Crippen molar-refractivity contribution >= 4 is 5.69 Å². The summed E-state index contributed by atoms with van der Waals surface area (Å²) >= 11 is 0. The molecule has 2 nitrogen and oxygen atoms in total. The van der Waals surface area contributed by atoms with E-state index in [0.29, 0.717) is 0 Å². The van der Waals surface area contributed by atoms with Crippen LogP contribution in [-0.4, -0.2) is 11.5 Å². The standard InChI is InChI=1S/C8H10N2.C2H6/c1-6-2-3-7-8(10-6)4-5-9-7;1-2/h2-3,9H,4-5H2,1H3;1-2H3. The summed E-state index contributed by atoms with van der Waals surface area (Å²) in [5.41, 5.74) is 3.55. The van der Waals surface area contributed by atoms with Gasteiger partial charge in [-0.25, -0.2) is 0 Å². The highest BCUT2D eigenvalue weighted by molar-refractivity contribution is 5.52. The van der Waals surface area contributed by atoms with Crippen LogP contribution in [0.5, 0.6) is 0 Å². The Morgan fingerprint density at radius 2 is 2.08 bits per heavy atom. The first-order valence-electron chi connectivity index (χ1n) is 4.57. The van der Waals surface area contributed by atoms with Crippen LogP contribution in [0.25, 0.3) is 0 Å². The Morgan fingerprint density at radius 3 is 2.83 bits per heavy atom. The van der Waals surface area contributed by atoms with Gasteiger partial charge >= 0.3 is 0 Å². The molecule has 2 heterocycles. The van der Waals surface area contributed by atoms with Gasteiger partial charge in [0.1, 0.15) is 0 Å². The van der Waals surface area contributed by atoms with Crippen LogP contribution in [-0.2, 0) is 6.42 Å². The third kappa shape index (κ3) is 1.76. The van der Waals surface area contributed by atoms with E-state index in [2.05, 4.69) is 16.4 Å². The van der Waals surface area contributed by atoms with Crippen LogP contribution < -0.4 is 5.32 Å². The molecule has 0 unspecified atom stereocenters. The molecule has 0 radical (unpaired) electrons. The van der Waals surface area contributed by atoms with Crippen molar-refractivity contribution in [3.05, 3.63) is 23.5 Å². The predicted molar refractivity (Wildman–Crippen MR) is 52.5 cm³/mol. The van der Waals surface area contributed by atoms with Crippen LogP contribution in [0.3, 0.4) is 0 Å². The van der Waals surface area contributed by atoms with E-state index in [1.807, 2.05) is 26.8 Å². The molecule has 0 bridgehead atoms. The number of anilines is 1. The lowest BCUT2D eigenvalue weighted by atomic mass is 10.2. The molecule has 0 aliphatic carbocycles. The van der Waals surface area contributed by atoms with E-state index in [1.165, 1.54) is 11.4 Å². The molecule has 1 aliphatic rings. The van der Waals surface area contributed by atoms with E-state index in [4.69, 9.17) is 0 Å². The van der Waals surface area contributed by atoms with Crippen LogP contribution in [0.2, 0.25) is 0 Å². The average molecular weight is 164 g/mol. The largest absolute Gasteiger partial charge is 0.383 e. The summed E-state index contributed by atoms with van der Waals surface area (Å²) < 4.78 is 0. The second-order valence-corrected chi connectivity index (χ2v) is 2.62. The monoisotopic (exact) mass is 164 g/mol. The SMILES string of the molecule is CC.Cc1ccc2c(n1)CCN2. The van der Waals surface area contributed by atoms with E-state index in [9.17, 15) is 0 Å². The molecule has 0 saturated carbocycles. The first-order chi connectivity index (χ1) is 5.86. The number of aryl methyl sites for hydroxylation is 1. The highest BCUT2D eigenvalue weighted by atomic mass is 14.9. The quantitative estimate of drug-likeness (QED) is 0.636. The number of hydrogen-bond donors (Lipinski definition) is 1. The van der Waals surface area contributed by atoms with Crippen molar-refractivity contribution in [1.29, 1.82) is 0 Å². The number of fused-ring (bicyclic) bond motifs is 1. The molecule has 1 N–H and O–H groups in total. The van der Waals surface area contributed by atoms with Crippen molar-refractivity contribution in [1.82, 2.24) is 4.98 Å². The summed E-state index contributed by atoms with van der Waals surface area (Å²) in [5.74, 6) is 0. The zero-order chi connectivity index (χ0) is 8.97. The third-order valence-corrected chi connectivity index (χ3v) is 1.79.